The third kappa shape index (κ3) is 3.19. The molecule has 3 aliphatic heterocycles. The topological polar surface area (TPSA) is 73.0 Å². The van der Waals surface area contributed by atoms with E-state index in [0.29, 0.717) is 25.3 Å². The number of urea groups is 1. The molecule has 2 aromatic carbocycles. The summed E-state index contributed by atoms with van der Waals surface area (Å²) in [4.78, 5) is 44.8. The van der Waals surface area contributed by atoms with Crippen molar-refractivity contribution in [3.05, 3.63) is 59.7 Å². The Morgan fingerprint density at radius 1 is 1.03 bits per heavy atom. The van der Waals surface area contributed by atoms with E-state index in [1.54, 1.807) is 30.3 Å². The van der Waals surface area contributed by atoms with Crippen LogP contribution >= 0.6 is 0 Å². The summed E-state index contributed by atoms with van der Waals surface area (Å²) in [7, 11) is 1.86. The van der Waals surface area contributed by atoms with E-state index in [1.165, 1.54) is 6.07 Å². The summed E-state index contributed by atoms with van der Waals surface area (Å²) in [6, 6.07) is 10.1. The number of anilines is 2. The predicted octanol–water partition coefficient (Wildman–Crippen LogP) is 2.65. The molecule has 2 aromatic rings. The minimum Gasteiger partial charge on any atom is -0.364 e. The number of nitrogens with one attached hydrogen (secondary N) is 1. The quantitative estimate of drug-likeness (QED) is 0.666. The number of likely N-dealkylation sites (N-methyl/N-ethyl adjacent to an activating group) is 1. The molecular formula is C23H21F3N4O3. The van der Waals surface area contributed by atoms with Crippen LogP contribution in [0.3, 0.4) is 0 Å². The highest BCUT2D eigenvalue weighted by molar-refractivity contribution is 6.30. The molecule has 33 heavy (non-hydrogen) atoms. The molecule has 0 unspecified atom stereocenters. The van der Waals surface area contributed by atoms with Gasteiger partial charge in [-0.25, -0.2) is 9.69 Å². The van der Waals surface area contributed by atoms with Gasteiger partial charge in [-0.2, -0.15) is 13.2 Å². The van der Waals surface area contributed by atoms with Gasteiger partial charge in [0.15, 0.2) is 5.41 Å². The first-order valence-electron chi connectivity index (χ1n) is 10.5. The highest BCUT2D eigenvalue weighted by Crippen LogP contribution is 2.47. The lowest BCUT2D eigenvalue weighted by atomic mass is 9.67. The van der Waals surface area contributed by atoms with E-state index < -0.39 is 41.0 Å². The van der Waals surface area contributed by atoms with Crippen molar-refractivity contribution in [1.29, 1.82) is 0 Å². The van der Waals surface area contributed by atoms with Crippen molar-refractivity contribution in [3.63, 3.8) is 0 Å². The van der Waals surface area contributed by atoms with E-state index in [9.17, 15) is 27.6 Å². The predicted molar refractivity (Wildman–Crippen MR) is 114 cm³/mol. The first kappa shape index (κ1) is 21.4. The Morgan fingerprint density at radius 2 is 1.76 bits per heavy atom. The smallest absolute Gasteiger partial charge is 0.364 e. The van der Waals surface area contributed by atoms with Crippen LogP contribution in [0.5, 0.6) is 0 Å². The standard InChI is InChI=1S/C23H21F3N4O3/c1-28-9-10-29-17-8-7-15(23(24,25)26)11-14(17)12-22(18(29)13-28)19(31)27-21(33)30(20(22)32)16-5-3-2-4-6-16/h2-8,11,18H,9-10,12-13H2,1H3,(H,27,31,33)/t18-,22-/m0/s1. The highest BCUT2D eigenvalue weighted by atomic mass is 19.4. The number of imide groups is 2. The molecule has 2 saturated heterocycles. The van der Waals surface area contributed by atoms with Crippen molar-refractivity contribution in [2.75, 3.05) is 36.5 Å². The number of halogens is 3. The molecule has 4 amide bonds. The number of alkyl halides is 3. The highest BCUT2D eigenvalue weighted by Gasteiger charge is 2.63. The van der Waals surface area contributed by atoms with Gasteiger partial charge in [-0.05, 0) is 49.4 Å². The molecule has 0 aliphatic carbocycles. The second kappa shape index (κ2) is 7.31. The van der Waals surface area contributed by atoms with Crippen molar-refractivity contribution >= 4 is 29.2 Å². The third-order valence-corrected chi connectivity index (χ3v) is 6.77. The molecule has 1 spiro atoms. The van der Waals surface area contributed by atoms with Crippen molar-refractivity contribution < 1.29 is 27.6 Å². The summed E-state index contributed by atoms with van der Waals surface area (Å²) in [6.07, 6.45) is -4.80. The maximum absolute atomic E-state index is 14.0. The molecule has 7 nitrogen and oxygen atoms in total. The summed E-state index contributed by atoms with van der Waals surface area (Å²) >= 11 is 0. The zero-order valence-corrected chi connectivity index (χ0v) is 17.7. The van der Waals surface area contributed by atoms with Gasteiger partial charge in [0, 0.05) is 25.3 Å². The third-order valence-electron chi connectivity index (χ3n) is 6.77. The Kier molecular flexibility index (Phi) is 4.75. The fourth-order valence-electron chi connectivity index (χ4n) is 5.15. The average molecular weight is 458 g/mol. The van der Waals surface area contributed by atoms with Crippen LogP contribution in [-0.2, 0) is 22.2 Å². The minimum absolute atomic E-state index is 0.234. The number of hydrogen-bond acceptors (Lipinski definition) is 5. The Bertz CT molecular complexity index is 1150. The zero-order valence-electron chi connectivity index (χ0n) is 17.7. The first-order valence-corrected chi connectivity index (χ1v) is 10.5. The Hall–Kier alpha value is -3.40. The van der Waals surface area contributed by atoms with Gasteiger partial charge in [0.05, 0.1) is 17.3 Å². The molecule has 0 saturated carbocycles. The van der Waals surface area contributed by atoms with Crippen LogP contribution in [0.25, 0.3) is 0 Å². The number of carbonyl (C=O) groups is 3. The lowest BCUT2D eigenvalue weighted by Gasteiger charge is -2.55. The van der Waals surface area contributed by atoms with E-state index in [-0.39, 0.29) is 17.7 Å². The number of amides is 4. The van der Waals surface area contributed by atoms with Crippen molar-refractivity contribution in [2.45, 2.75) is 18.6 Å². The van der Waals surface area contributed by atoms with Crippen molar-refractivity contribution in [2.24, 2.45) is 5.41 Å². The van der Waals surface area contributed by atoms with E-state index in [4.69, 9.17) is 0 Å². The van der Waals surface area contributed by atoms with Crippen LogP contribution in [0.1, 0.15) is 11.1 Å². The van der Waals surface area contributed by atoms with Gasteiger partial charge in [0.1, 0.15) is 0 Å². The average Bonchev–Trinajstić information content (AvgIpc) is 2.77. The number of piperazine rings is 1. The molecule has 0 radical (unpaired) electrons. The number of carbonyl (C=O) groups excluding carboxylic acids is 3. The first-order chi connectivity index (χ1) is 15.6. The molecule has 2 atom stereocenters. The van der Waals surface area contributed by atoms with Gasteiger partial charge in [-0.1, -0.05) is 18.2 Å². The summed E-state index contributed by atoms with van der Waals surface area (Å²) in [5.74, 6) is -1.51. The maximum atomic E-state index is 14.0. The monoisotopic (exact) mass is 458 g/mol. The maximum Gasteiger partial charge on any atom is 0.416 e. The molecule has 3 heterocycles. The van der Waals surface area contributed by atoms with Gasteiger partial charge in [-0.3, -0.25) is 14.9 Å². The fraction of sp³-hybridized carbons (Fsp3) is 0.348. The molecule has 10 heteroatoms. The number of benzene rings is 2. The molecule has 172 valence electrons. The normalized spacial score (nSPS) is 25.7. The molecule has 2 fully saturated rings. The van der Waals surface area contributed by atoms with E-state index >= 15 is 0 Å². The second-order valence-corrected chi connectivity index (χ2v) is 8.70. The van der Waals surface area contributed by atoms with Gasteiger partial charge >= 0.3 is 12.2 Å². The summed E-state index contributed by atoms with van der Waals surface area (Å²) < 4.78 is 40.3. The summed E-state index contributed by atoms with van der Waals surface area (Å²) in [5, 5.41) is 2.30. The van der Waals surface area contributed by atoms with Crippen LogP contribution in [0.2, 0.25) is 0 Å². The summed E-state index contributed by atoms with van der Waals surface area (Å²) in [6.45, 7) is 1.39. The van der Waals surface area contributed by atoms with Gasteiger partial charge < -0.3 is 9.80 Å². The zero-order chi connectivity index (χ0) is 23.5. The number of rotatable bonds is 1. The van der Waals surface area contributed by atoms with E-state index in [2.05, 4.69) is 5.32 Å². The lowest BCUT2D eigenvalue weighted by Crippen LogP contribution is -2.75. The largest absolute Gasteiger partial charge is 0.416 e. The molecular weight excluding hydrogens is 437 g/mol. The van der Waals surface area contributed by atoms with Crippen molar-refractivity contribution in [3.8, 4) is 0 Å². The molecule has 3 aliphatic rings. The minimum atomic E-state index is -4.56. The number of nitrogens with zero attached hydrogens (tertiary/aromatic N) is 3. The Morgan fingerprint density at radius 3 is 2.45 bits per heavy atom. The number of hydrogen-bond donors (Lipinski definition) is 1. The lowest BCUT2D eigenvalue weighted by molar-refractivity contribution is -0.145. The number of barbiturate groups is 1. The van der Waals surface area contributed by atoms with Crippen LogP contribution in [0.4, 0.5) is 29.3 Å². The van der Waals surface area contributed by atoms with Crippen LogP contribution in [0.15, 0.2) is 48.5 Å². The van der Waals surface area contributed by atoms with Gasteiger partial charge in [0.25, 0.3) is 5.91 Å². The Labute approximate surface area is 187 Å². The van der Waals surface area contributed by atoms with E-state index in [0.717, 1.165) is 17.0 Å². The number of para-hydroxylation sites is 1. The van der Waals surface area contributed by atoms with Crippen LogP contribution < -0.4 is 15.1 Å². The SMILES string of the molecule is CN1CCN2c3ccc(C(F)(F)F)cc3C[C@@]3(C(=O)NC(=O)N(c4ccccc4)C3=O)[C@@H]2C1. The van der Waals surface area contributed by atoms with Gasteiger partial charge in [0.2, 0.25) is 5.91 Å². The number of fused-ring (bicyclic) bond motifs is 4. The molecule has 0 bridgehead atoms. The Balaban J connectivity index is 1.68. The van der Waals surface area contributed by atoms with Gasteiger partial charge in [-0.15, -0.1) is 0 Å². The van der Waals surface area contributed by atoms with E-state index in [1.807, 2.05) is 16.8 Å². The molecule has 1 N–H and O–H groups in total. The van der Waals surface area contributed by atoms with Crippen LogP contribution in [-0.4, -0.2) is 55.5 Å². The molecule has 0 aromatic heterocycles. The summed E-state index contributed by atoms with van der Waals surface area (Å²) in [5.41, 5.74) is -1.47. The van der Waals surface area contributed by atoms with Crippen LogP contribution in [0, 0.1) is 5.41 Å². The van der Waals surface area contributed by atoms with Crippen molar-refractivity contribution in [1.82, 2.24) is 10.2 Å². The fourth-order valence-corrected chi connectivity index (χ4v) is 5.15. The second-order valence-electron chi connectivity index (χ2n) is 8.70. The molecule has 5 rings (SSSR count).